The highest BCUT2D eigenvalue weighted by Gasteiger charge is 2.13. The van der Waals surface area contributed by atoms with Crippen molar-refractivity contribution in [3.05, 3.63) is 36.5 Å². The zero-order chi connectivity index (χ0) is 10.9. The van der Waals surface area contributed by atoms with Gasteiger partial charge in [-0.05, 0) is 25.3 Å². The lowest BCUT2D eigenvalue weighted by molar-refractivity contribution is 0.0437. The van der Waals surface area contributed by atoms with Crippen molar-refractivity contribution in [3.63, 3.8) is 0 Å². The Morgan fingerprint density at radius 1 is 1.33 bits per heavy atom. The van der Waals surface area contributed by atoms with E-state index in [9.17, 15) is 0 Å². The van der Waals surface area contributed by atoms with Crippen molar-refractivity contribution in [2.75, 3.05) is 6.61 Å². The highest BCUT2D eigenvalue weighted by Crippen LogP contribution is 2.20. The summed E-state index contributed by atoms with van der Waals surface area (Å²) in [6.07, 6.45) is 14.9. The second-order valence-electron chi connectivity index (χ2n) is 4.03. The summed E-state index contributed by atoms with van der Waals surface area (Å²) in [7, 11) is 0. The van der Waals surface area contributed by atoms with Gasteiger partial charge in [-0.3, -0.25) is 0 Å². The quantitative estimate of drug-likeness (QED) is 0.617. The monoisotopic (exact) mass is 206 g/mol. The second kappa shape index (κ2) is 7.47. The van der Waals surface area contributed by atoms with Crippen LogP contribution in [0.25, 0.3) is 0 Å². The van der Waals surface area contributed by atoms with Gasteiger partial charge < -0.3 is 4.74 Å². The Kier molecular flexibility index (Phi) is 6.10. The van der Waals surface area contributed by atoms with Crippen molar-refractivity contribution in [2.45, 2.75) is 45.1 Å². The molecule has 0 aliphatic heterocycles. The van der Waals surface area contributed by atoms with Gasteiger partial charge in [0.15, 0.2) is 0 Å². The highest BCUT2D eigenvalue weighted by molar-refractivity contribution is 5.21. The first-order valence-corrected chi connectivity index (χ1v) is 5.92. The minimum atomic E-state index is 0.492. The van der Waals surface area contributed by atoms with Crippen LogP contribution in [-0.2, 0) is 4.74 Å². The molecule has 1 aliphatic rings. The molecule has 0 amide bonds. The fraction of sp³-hybridized carbons (Fsp3) is 0.571. The van der Waals surface area contributed by atoms with Crippen LogP contribution in [0.3, 0.4) is 0 Å². The van der Waals surface area contributed by atoms with E-state index >= 15 is 0 Å². The van der Waals surface area contributed by atoms with Crippen LogP contribution < -0.4 is 0 Å². The first-order chi connectivity index (χ1) is 7.36. The fourth-order valence-electron chi connectivity index (χ4n) is 1.87. The highest BCUT2D eigenvalue weighted by atomic mass is 16.5. The van der Waals surface area contributed by atoms with Crippen LogP contribution in [0.5, 0.6) is 0 Å². The molecule has 0 atom stereocenters. The molecule has 0 spiro atoms. The molecule has 1 aliphatic carbocycles. The Balaban J connectivity index is 2.27. The second-order valence-corrected chi connectivity index (χ2v) is 4.03. The maximum absolute atomic E-state index is 5.88. The predicted octanol–water partition coefficient (Wildman–Crippen LogP) is 4.02. The van der Waals surface area contributed by atoms with Gasteiger partial charge in [0.2, 0.25) is 0 Å². The molecule has 15 heavy (non-hydrogen) atoms. The lowest BCUT2D eigenvalue weighted by Crippen LogP contribution is -2.17. The van der Waals surface area contributed by atoms with Gasteiger partial charge in [0.05, 0.1) is 12.7 Å². The SMILES string of the molecule is C=C/C=C\C(=C/C)COC1CCCCC1. The molecule has 0 unspecified atom stereocenters. The minimum Gasteiger partial charge on any atom is -0.374 e. The van der Waals surface area contributed by atoms with Gasteiger partial charge in [-0.25, -0.2) is 0 Å². The van der Waals surface area contributed by atoms with Crippen LogP contribution in [0.15, 0.2) is 36.5 Å². The molecule has 0 aromatic carbocycles. The maximum Gasteiger partial charge on any atom is 0.0717 e. The van der Waals surface area contributed by atoms with Gasteiger partial charge in [0.1, 0.15) is 0 Å². The lowest BCUT2D eigenvalue weighted by atomic mass is 9.98. The molecule has 1 rings (SSSR count). The standard InChI is InChI=1S/C14H22O/c1-3-5-9-13(4-2)12-15-14-10-7-6-8-11-14/h3-5,9,14H,1,6-8,10-12H2,2H3/b9-5-,13-4+. The molecule has 1 saturated carbocycles. The Labute approximate surface area is 93.5 Å². The Hall–Kier alpha value is -0.820. The molecular formula is C14H22O. The first-order valence-electron chi connectivity index (χ1n) is 5.92. The van der Waals surface area contributed by atoms with Gasteiger partial charge in [-0.15, -0.1) is 0 Å². The van der Waals surface area contributed by atoms with E-state index in [1.807, 2.05) is 13.0 Å². The van der Waals surface area contributed by atoms with E-state index < -0.39 is 0 Å². The van der Waals surface area contributed by atoms with Crippen LogP contribution in [0.1, 0.15) is 39.0 Å². The predicted molar refractivity (Wildman–Crippen MR) is 65.9 cm³/mol. The van der Waals surface area contributed by atoms with E-state index in [0.717, 1.165) is 6.61 Å². The summed E-state index contributed by atoms with van der Waals surface area (Å²) >= 11 is 0. The summed E-state index contributed by atoms with van der Waals surface area (Å²) in [6.45, 7) is 6.45. The van der Waals surface area contributed by atoms with Crippen LogP contribution in [-0.4, -0.2) is 12.7 Å². The van der Waals surface area contributed by atoms with Gasteiger partial charge in [0.25, 0.3) is 0 Å². The Morgan fingerprint density at radius 2 is 2.07 bits per heavy atom. The number of ether oxygens (including phenoxy) is 1. The van der Waals surface area contributed by atoms with Gasteiger partial charge >= 0.3 is 0 Å². The summed E-state index contributed by atoms with van der Waals surface area (Å²) in [5, 5.41) is 0. The molecule has 1 heteroatoms. The molecular weight excluding hydrogens is 184 g/mol. The minimum absolute atomic E-state index is 0.492. The van der Waals surface area contributed by atoms with Crippen LogP contribution in [0.4, 0.5) is 0 Å². The molecule has 1 fully saturated rings. The Bertz CT molecular complexity index is 232. The van der Waals surface area contributed by atoms with E-state index in [1.54, 1.807) is 6.08 Å². The number of allylic oxidation sites excluding steroid dienone is 3. The molecule has 0 heterocycles. The van der Waals surface area contributed by atoms with Crippen LogP contribution in [0.2, 0.25) is 0 Å². The molecule has 0 aromatic rings. The summed E-state index contributed by atoms with van der Waals surface area (Å²) in [6, 6.07) is 0. The molecule has 1 nitrogen and oxygen atoms in total. The van der Waals surface area contributed by atoms with Crippen LogP contribution in [0, 0.1) is 0 Å². The fourth-order valence-corrected chi connectivity index (χ4v) is 1.87. The van der Waals surface area contributed by atoms with Crippen molar-refractivity contribution in [1.29, 1.82) is 0 Å². The largest absolute Gasteiger partial charge is 0.374 e. The van der Waals surface area contributed by atoms with E-state index in [4.69, 9.17) is 4.74 Å². The smallest absolute Gasteiger partial charge is 0.0717 e. The third kappa shape index (κ3) is 4.98. The molecule has 0 N–H and O–H groups in total. The van der Waals surface area contributed by atoms with E-state index in [1.165, 1.54) is 37.7 Å². The topological polar surface area (TPSA) is 9.23 Å². The summed E-state index contributed by atoms with van der Waals surface area (Å²) in [5.41, 5.74) is 1.24. The van der Waals surface area contributed by atoms with E-state index in [0.29, 0.717) is 6.10 Å². The lowest BCUT2D eigenvalue weighted by Gasteiger charge is -2.22. The van der Waals surface area contributed by atoms with Crippen molar-refractivity contribution in [1.82, 2.24) is 0 Å². The molecule has 0 aromatic heterocycles. The molecule has 0 saturated heterocycles. The molecule has 0 radical (unpaired) electrons. The zero-order valence-corrected chi connectivity index (χ0v) is 9.74. The molecule has 84 valence electrons. The third-order valence-electron chi connectivity index (χ3n) is 2.86. The van der Waals surface area contributed by atoms with Crippen molar-refractivity contribution in [3.8, 4) is 0 Å². The number of hydrogen-bond donors (Lipinski definition) is 0. The summed E-state index contributed by atoms with van der Waals surface area (Å²) in [4.78, 5) is 0. The number of rotatable bonds is 5. The first kappa shape index (κ1) is 12.3. The van der Waals surface area contributed by atoms with E-state index in [2.05, 4.69) is 18.7 Å². The van der Waals surface area contributed by atoms with E-state index in [-0.39, 0.29) is 0 Å². The zero-order valence-electron chi connectivity index (χ0n) is 9.74. The third-order valence-corrected chi connectivity index (χ3v) is 2.86. The Morgan fingerprint density at radius 3 is 2.67 bits per heavy atom. The number of hydrogen-bond acceptors (Lipinski definition) is 1. The average molecular weight is 206 g/mol. The van der Waals surface area contributed by atoms with Crippen molar-refractivity contribution >= 4 is 0 Å². The van der Waals surface area contributed by atoms with Crippen molar-refractivity contribution < 1.29 is 4.74 Å². The van der Waals surface area contributed by atoms with Crippen molar-refractivity contribution in [2.24, 2.45) is 0 Å². The summed E-state index contributed by atoms with van der Waals surface area (Å²) in [5.74, 6) is 0. The van der Waals surface area contributed by atoms with Gasteiger partial charge in [-0.1, -0.05) is 50.1 Å². The molecule has 0 bridgehead atoms. The summed E-state index contributed by atoms with van der Waals surface area (Å²) < 4.78 is 5.88. The van der Waals surface area contributed by atoms with Gasteiger partial charge in [-0.2, -0.15) is 0 Å². The maximum atomic E-state index is 5.88. The van der Waals surface area contributed by atoms with Crippen LogP contribution >= 0.6 is 0 Å². The van der Waals surface area contributed by atoms with Gasteiger partial charge in [0, 0.05) is 0 Å². The normalized spacial score (nSPS) is 19.7. The average Bonchev–Trinajstić information content (AvgIpc) is 2.31.